The molecule has 0 amide bonds. The molecule has 1 aromatic rings. The Morgan fingerprint density at radius 2 is 2.45 bits per heavy atom. The number of aliphatic hydroxyl groups excluding tert-OH is 1. The van der Waals surface area contributed by atoms with Crippen LogP contribution in [0.2, 0.25) is 0 Å². The van der Waals surface area contributed by atoms with Gasteiger partial charge in [-0.3, -0.25) is 0 Å². The average Bonchev–Trinajstić information content (AvgIpc) is 2.48. The maximum absolute atomic E-state index is 8.49. The van der Waals surface area contributed by atoms with E-state index in [9.17, 15) is 0 Å². The van der Waals surface area contributed by atoms with Crippen molar-refractivity contribution >= 4 is 16.7 Å². The number of aliphatic hydroxyl groups is 1. The zero-order valence-corrected chi connectivity index (χ0v) is 7.19. The monoisotopic (exact) mass is 173 g/mol. The third-order valence-corrected chi connectivity index (χ3v) is 1.88. The summed E-state index contributed by atoms with van der Waals surface area (Å²) in [6.45, 7) is 2.68. The van der Waals surface area contributed by atoms with Crippen LogP contribution in [0.1, 0.15) is 12.7 Å². The molecule has 0 aliphatic heterocycles. The van der Waals surface area contributed by atoms with Crippen molar-refractivity contribution in [3.05, 3.63) is 5.82 Å². The van der Waals surface area contributed by atoms with Gasteiger partial charge in [-0.2, -0.15) is 4.37 Å². The van der Waals surface area contributed by atoms with Crippen LogP contribution in [-0.2, 0) is 6.42 Å². The fraction of sp³-hybridized carbons (Fsp3) is 0.667. The maximum atomic E-state index is 8.49. The molecule has 0 aliphatic carbocycles. The fourth-order valence-corrected chi connectivity index (χ4v) is 1.31. The second-order valence-electron chi connectivity index (χ2n) is 2.02. The molecule has 4 nitrogen and oxygen atoms in total. The molecule has 0 aliphatic rings. The highest BCUT2D eigenvalue weighted by molar-refractivity contribution is 7.09. The molecule has 1 aromatic heterocycles. The van der Waals surface area contributed by atoms with E-state index in [2.05, 4.69) is 14.7 Å². The predicted molar refractivity (Wildman–Crippen MR) is 44.9 cm³/mol. The van der Waals surface area contributed by atoms with Crippen LogP contribution in [-0.4, -0.2) is 27.6 Å². The van der Waals surface area contributed by atoms with Crippen LogP contribution < -0.4 is 5.32 Å². The molecule has 0 bridgehead atoms. The van der Waals surface area contributed by atoms with Gasteiger partial charge in [-0.05, 0) is 0 Å². The third kappa shape index (κ3) is 2.44. The number of anilines is 1. The zero-order chi connectivity index (χ0) is 8.10. The summed E-state index contributed by atoms with van der Waals surface area (Å²) in [5, 5.41) is 12.2. The predicted octanol–water partition coefficient (Wildman–Crippen LogP) is 0.505. The second-order valence-corrected chi connectivity index (χ2v) is 2.77. The third-order valence-electron chi connectivity index (χ3n) is 1.17. The van der Waals surface area contributed by atoms with Gasteiger partial charge in [0.2, 0.25) is 5.13 Å². The number of aryl methyl sites for hydroxylation is 1. The van der Waals surface area contributed by atoms with Crippen molar-refractivity contribution < 1.29 is 5.11 Å². The molecule has 1 heterocycles. The lowest BCUT2D eigenvalue weighted by Gasteiger charge is -1.94. The summed E-state index contributed by atoms with van der Waals surface area (Å²) < 4.78 is 4.07. The molecule has 62 valence electrons. The maximum Gasteiger partial charge on any atom is 0.202 e. The van der Waals surface area contributed by atoms with Crippen LogP contribution in [0.5, 0.6) is 0 Å². The van der Waals surface area contributed by atoms with Crippen LogP contribution in [0.25, 0.3) is 0 Å². The second kappa shape index (κ2) is 4.25. The number of nitrogens with one attached hydrogen (secondary N) is 1. The molecule has 0 radical (unpaired) electrons. The first-order valence-corrected chi connectivity index (χ1v) is 4.31. The van der Waals surface area contributed by atoms with E-state index in [0.717, 1.165) is 17.4 Å². The van der Waals surface area contributed by atoms with E-state index in [1.54, 1.807) is 0 Å². The topological polar surface area (TPSA) is 58.0 Å². The van der Waals surface area contributed by atoms with Gasteiger partial charge in [-0.15, -0.1) is 0 Å². The van der Waals surface area contributed by atoms with Gasteiger partial charge in [0.15, 0.2) is 0 Å². The van der Waals surface area contributed by atoms with Gasteiger partial charge in [0.1, 0.15) is 5.82 Å². The lowest BCUT2D eigenvalue weighted by Crippen LogP contribution is -2.04. The van der Waals surface area contributed by atoms with E-state index in [1.165, 1.54) is 11.5 Å². The number of rotatable bonds is 4. The Labute approximate surface area is 69.5 Å². The number of aromatic nitrogens is 2. The Morgan fingerprint density at radius 3 is 3.00 bits per heavy atom. The van der Waals surface area contributed by atoms with Crippen molar-refractivity contribution in [3.63, 3.8) is 0 Å². The molecule has 0 unspecified atom stereocenters. The Hall–Kier alpha value is -0.680. The van der Waals surface area contributed by atoms with E-state index in [4.69, 9.17) is 5.11 Å². The lowest BCUT2D eigenvalue weighted by atomic mass is 10.5. The fourth-order valence-electron chi connectivity index (χ4n) is 0.632. The minimum atomic E-state index is 0.126. The molecule has 0 spiro atoms. The van der Waals surface area contributed by atoms with Gasteiger partial charge in [0, 0.05) is 24.5 Å². The smallest absolute Gasteiger partial charge is 0.202 e. The van der Waals surface area contributed by atoms with Gasteiger partial charge >= 0.3 is 0 Å². The first-order chi connectivity index (χ1) is 5.36. The molecule has 0 saturated carbocycles. The largest absolute Gasteiger partial charge is 0.395 e. The van der Waals surface area contributed by atoms with Crippen molar-refractivity contribution in [2.45, 2.75) is 13.3 Å². The summed E-state index contributed by atoms with van der Waals surface area (Å²) >= 11 is 1.33. The standard InChI is InChI=1S/C6H11N3OS/c1-2-5-8-6(11-9-5)7-3-4-10/h10H,2-4H2,1H3,(H,7,8,9). The molecule has 0 fully saturated rings. The van der Waals surface area contributed by atoms with Crippen LogP contribution >= 0.6 is 11.5 Å². The highest BCUT2D eigenvalue weighted by atomic mass is 32.1. The van der Waals surface area contributed by atoms with Gasteiger partial charge in [0.05, 0.1) is 6.61 Å². The Bertz CT molecular complexity index is 213. The van der Waals surface area contributed by atoms with E-state index < -0.39 is 0 Å². The summed E-state index contributed by atoms with van der Waals surface area (Å²) in [4.78, 5) is 4.15. The summed E-state index contributed by atoms with van der Waals surface area (Å²) in [5.74, 6) is 0.857. The van der Waals surface area contributed by atoms with E-state index in [0.29, 0.717) is 6.54 Å². The molecule has 0 saturated heterocycles. The minimum absolute atomic E-state index is 0.126. The van der Waals surface area contributed by atoms with Crippen LogP contribution in [0.4, 0.5) is 5.13 Å². The molecule has 0 atom stereocenters. The van der Waals surface area contributed by atoms with Crippen LogP contribution in [0.3, 0.4) is 0 Å². The number of hydrogen-bond acceptors (Lipinski definition) is 5. The van der Waals surface area contributed by atoms with Crippen molar-refractivity contribution in [2.75, 3.05) is 18.5 Å². The summed E-state index contributed by atoms with van der Waals surface area (Å²) in [7, 11) is 0. The van der Waals surface area contributed by atoms with Crippen molar-refractivity contribution in [2.24, 2.45) is 0 Å². The Kier molecular flexibility index (Phi) is 3.25. The quantitative estimate of drug-likeness (QED) is 0.696. The van der Waals surface area contributed by atoms with Crippen LogP contribution in [0.15, 0.2) is 0 Å². The zero-order valence-electron chi connectivity index (χ0n) is 6.37. The van der Waals surface area contributed by atoms with E-state index in [-0.39, 0.29) is 6.61 Å². The first-order valence-electron chi connectivity index (χ1n) is 3.54. The molecule has 11 heavy (non-hydrogen) atoms. The number of hydrogen-bond donors (Lipinski definition) is 2. The van der Waals surface area contributed by atoms with E-state index in [1.807, 2.05) is 6.92 Å². The average molecular weight is 173 g/mol. The molecule has 5 heteroatoms. The highest BCUT2D eigenvalue weighted by Crippen LogP contribution is 2.09. The molecular weight excluding hydrogens is 162 g/mol. The summed E-state index contributed by atoms with van der Waals surface area (Å²) in [6, 6.07) is 0. The highest BCUT2D eigenvalue weighted by Gasteiger charge is 1.99. The van der Waals surface area contributed by atoms with Crippen molar-refractivity contribution in [1.82, 2.24) is 9.36 Å². The molecular formula is C6H11N3OS. The van der Waals surface area contributed by atoms with Gasteiger partial charge in [-0.25, -0.2) is 4.98 Å². The molecule has 1 rings (SSSR count). The molecule has 2 N–H and O–H groups in total. The summed E-state index contributed by atoms with van der Waals surface area (Å²) in [6.07, 6.45) is 0.858. The van der Waals surface area contributed by atoms with Gasteiger partial charge in [-0.1, -0.05) is 6.92 Å². The first kappa shape index (κ1) is 8.42. The van der Waals surface area contributed by atoms with Gasteiger partial charge < -0.3 is 10.4 Å². The lowest BCUT2D eigenvalue weighted by molar-refractivity contribution is 0.311. The number of nitrogens with zero attached hydrogens (tertiary/aromatic N) is 2. The Morgan fingerprint density at radius 1 is 1.64 bits per heavy atom. The minimum Gasteiger partial charge on any atom is -0.395 e. The van der Waals surface area contributed by atoms with Gasteiger partial charge in [0.25, 0.3) is 0 Å². The normalized spacial score (nSPS) is 10.0. The van der Waals surface area contributed by atoms with Crippen molar-refractivity contribution in [3.8, 4) is 0 Å². The molecule has 0 aromatic carbocycles. The Balaban J connectivity index is 2.44. The van der Waals surface area contributed by atoms with E-state index >= 15 is 0 Å². The SMILES string of the molecule is CCc1nsc(NCCO)n1. The van der Waals surface area contributed by atoms with Crippen LogP contribution in [0, 0.1) is 0 Å². The summed E-state index contributed by atoms with van der Waals surface area (Å²) in [5.41, 5.74) is 0. The van der Waals surface area contributed by atoms with Crippen molar-refractivity contribution in [1.29, 1.82) is 0 Å².